The average molecular weight is 242 g/mol. The second kappa shape index (κ2) is 5.28. The van der Waals surface area contributed by atoms with Crippen molar-refractivity contribution in [1.82, 2.24) is 9.78 Å². The maximum Gasteiger partial charge on any atom is 0.333 e. The number of carbonyl (C=O) groups is 1. The van der Waals surface area contributed by atoms with Crippen molar-refractivity contribution >= 4 is 17.5 Å². The van der Waals surface area contributed by atoms with Gasteiger partial charge < -0.3 is 10.1 Å². The zero-order valence-electron chi connectivity index (χ0n) is 9.89. The number of nitro groups is 1. The van der Waals surface area contributed by atoms with Crippen LogP contribution in [0.1, 0.15) is 12.6 Å². The van der Waals surface area contributed by atoms with Crippen molar-refractivity contribution in [2.45, 2.75) is 20.4 Å². The van der Waals surface area contributed by atoms with Gasteiger partial charge in [0.15, 0.2) is 0 Å². The Labute approximate surface area is 97.7 Å². The third-order valence-electron chi connectivity index (χ3n) is 2.21. The number of anilines is 1. The number of hydrogen-bond acceptors (Lipinski definition) is 6. The Bertz CT molecular complexity index is 440. The van der Waals surface area contributed by atoms with Crippen molar-refractivity contribution in [3.8, 4) is 0 Å². The molecule has 0 saturated carbocycles. The fraction of sp³-hybridized carbons (Fsp3) is 0.556. The molecule has 0 atom stereocenters. The number of nitrogens with one attached hydrogen (secondary N) is 1. The first-order valence-corrected chi connectivity index (χ1v) is 5.03. The highest BCUT2D eigenvalue weighted by Gasteiger charge is 2.24. The van der Waals surface area contributed by atoms with E-state index in [1.807, 2.05) is 0 Å². The first-order chi connectivity index (χ1) is 8.01. The molecule has 1 aromatic heterocycles. The van der Waals surface area contributed by atoms with Crippen molar-refractivity contribution in [3.63, 3.8) is 0 Å². The van der Waals surface area contributed by atoms with Gasteiger partial charge in [0.05, 0.1) is 12.0 Å². The topological polar surface area (TPSA) is 99.3 Å². The molecule has 0 radical (unpaired) electrons. The number of rotatable bonds is 5. The molecule has 0 aromatic carbocycles. The highest BCUT2D eigenvalue weighted by atomic mass is 16.6. The molecule has 1 rings (SSSR count). The van der Waals surface area contributed by atoms with Crippen molar-refractivity contribution in [2.24, 2.45) is 0 Å². The highest BCUT2D eigenvalue weighted by Crippen LogP contribution is 2.27. The van der Waals surface area contributed by atoms with E-state index in [9.17, 15) is 14.9 Å². The van der Waals surface area contributed by atoms with E-state index in [0.29, 0.717) is 12.2 Å². The highest BCUT2D eigenvalue weighted by molar-refractivity contribution is 5.76. The molecule has 94 valence electrons. The van der Waals surface area contributed by atoms with Crippen molar-refractivity contribution in [1.29, 1.82) is 0 Å². The van der Waals surface area contributed by atoms with E-state index in [0.717, 1.165) is 0 Å². The van der Waals surface area contributed by atoms with Crippen LogP contribution in [0, 0.1) is 17.0 Å². The van der Waals surface area contributed by atoms with Gasteiger partial charge in [0.2, 0.25) is 5.82 Å². The molecule has 0 fully saturated rings. The summed E-state index contributed by atoms with van der Waals surface area (Å²) in [7, 11) is 1.25. The number of aromatic nitrogens is 2. The molecule has 1 aromatic rings. The number of hydrogen-bond donors (Lipinski definition) is 1. The third-order valence-corrected chi connectivity index (χ3v) is 2.21. The van der Waals surface area contributed by atoms with Gasteiger partial charge in [0, 0.05) is 6.54 Å². The maximum atomic E-state index is 11.0. The van der Waals surface area contributed by atoms with Crippen LogP contribution in [0.5, 0.6) is 0 Å². The minimum absolute atomic E-state index is 0.115. The van der Waals surface area contributed by atoms with Gasteiger partial charge in [0.25, 0.3) is 0 Å². The summed E-state index contributed by atoms with van der Waals surface area (Å²) >= 11 is 0. The predicted molar refractivity (Wildman–Crippen MR) is 59.8 cm³/mol. The summed E-state index contributed by atoms with van der Waals surface area (Å²) in [6.07, 6.45) is 0. The van der Waals surface area contributed by atoms with Crippen molar-refractivity contribution < 1.29 is 14.5 Å². The Hall–Kier alpha value is -2.12. The summed E-state index contributed by atoms with van der Waals surface area (Å²) in [5, 5.41) is 17.6. The molecule has 1 heterocycles. The minimum Gasteiger partial charge on any atom is -0.468 e. The van der Waals surface area contributed by atoms with Crippen LogP contribution in [-0.4, -0.2) is 34.3 Å². The van der Waals surface area contributed by atoms with E-state index >= 15 is 0 Å². The monoisotopic (exact) mass is 242 g/mol. The average Bonchev–Trinajstić information content (AvgIpc) is 2.62. The summed E-state index contributed by atoms with van der Waals surface area (Å²) in [5.74, 6) is -0.277. The Morgan fingerprint density at radius 3 is 2.76 bits per heavy atom. The van der Waals surface area contributed by atoms with E-state index in [2.05, 4.69) is 15.2 Å². The molecule has 17 heavy (non-hydrogen) atoms. The largest absolute Gasteiger partial charge is 0.468 e. The van der Waals surface area contributed by atoms with Gasteiger partial charge in [-0.1, -0.05) is 0 Å². The maximum absolute atomic E-state index is 11.0. The molecule has 8 heteroatoms. The normalized spacial score (nSPS) is 10.1. The lowest BCUT2D eigenvalue weighted by molar-refractivity contribution is -0.384. The third kappa shape index (κ3) is 2.71. The van der Waals surface area contributed by atoms with E-state index in [1.54, 1.807) is 13.8 Å². The molecule has 0 saturated heterocycles. The van der Waals surface area contributed by atoms with Gasteiger partial charge in [0.1, 0.15) is 12.2 Å². The van der Waals surface area contributed by atoms with Crippen LogP contribution in [0.3, 0.4) is 0 Å². The first kappa shape index (κ1) is 12.9. The van der Waals surface area contributed by atoms with Gasteiger partial charge in [-0.15, -0.1) is 0 Å². The van der Waals surface area contributed by atoms with Gasteiger partial charge in [-0.05, 0) is 13.8 Å². The van der Waals surface area contributed by atoms with E-state index in [4.69, 9.17) is 0 Å². The fourth-order valence-corrected chi connectivity index (χ4v) is 1.42. The molecule has 0 aliphatic rings. The molecule has 0 aliphatic heterocycles. The van der Waals surface area contributed by atoms with E-state index < -0.39 is 10.9 Å². The molecular weight excluding hydrogens is 228 g/mol. The number of methoxy groups -OCH3 is 1. The van der Waals surface area contributed by atoms with Gasteiger partial charge in [-0.3, -0.25) is 14.9 Å². The number of esters is 1. The minimum atomic E-state index is -0.520. The molecule has 0 unspecified atom stereocenters. The van der Waals surface area contributed by atoms with E-state index in [-0.39, 0.29) is 18.1 Å². The van der Waals surface area contributed by atoms with Gasteiger partial charge in [-0.2, -0.15) is 5.10 Å². The van der Waals surface area contributed by atoms with Crippen LogP contribution in [-0.2, 0) is 16.1 Å². The SMILES string of the molecule is CCn1nc(C)c([N+](=O)[O-])c1NCC(=O)OC. The lowest BCUT2D eigenvalue weighted by Crippen LogP contribution is -2.18. The number of aryl methyl sites for hydroxylation is 2. The fourth-order valence-electron chi connectivity index (χ4n) is 1.42. The second-order valence-electron chi connectivity index (χ2n) is 3.29. The Balaban J connectivity index is 3.02. The number of nitrogens with zero attached hydrogens (tertiary/aromatic N) is 3. The molecule has 0 aliphatic carbocycles. The molecule has 0 amide bonds. The number of carbonyl (C=O) groups excluding carboxylic acids is 1. The molecular formula is C9H14N4O4. The Morgan fingerprint density at radius 2 is 2.29 bits per heavy atom. The second-order valence-corrected chi connectivity index (χ2v) is 3.29. The summed E-state index contributed by atoms with van der Waals surface area (Å²) < 4.78 is 5.89. The van der Waals surface area contributed by atoms with Crippen molar-refractivity contribution in [3.05, 3.63) is 15.8 Å². The Morgan fingerprint density at radius 1 is 1.65 bits per heavy atom. The summed E-state index contributed by atoms with van der Waals surface area (Å²) in [6, 6.07) is 0. The zero-order chi connectivity index (χ0) is 13.0. The Kier molecular flexibility index (Phi) is 4.02. The molecule has 0 bridgehead atoms. The lowest BCUT2D eigenvalue weighted by atomic mass is 10.4. The van der Waals surface area contributed by atoms with Crippen LogP contribution in [0.2, 0.25) is 0 Å². The summed E-state index contributed by atoms with van der Waals surface area (Å²) in [6.45, 7) is 3.69. The lowest BCUT2D eigenvalue weighted by Gasteiger charge is -2.06. The van der Waals surface area contributed by atoms with Crippen LogP contribution < -0.4 is 5.32 Å². The van der Waals surface area contributed by atoms with Crippen LogP contribution in [0.25, 0.3) is 0 Å². The zero-order valence-corrected chi connectivity index (χ0v) is 9.89. The summed E-state index contributed by atoms with van der Waals surface area (Å²) in [5.41, 5.74) is 0.194. The standard InChI is InChI=1S/C9H14N4O4/c1-4-12-9(10-5-7(14)17-3)8(13(15)16)6(2)11-12/h10H,4-5H2,1-3H3. The quantitative estimate of drug-likeness (QED) is 0.463. The van der Waals surface area contributed by atoms with Gasteiger partial charge in [-0.25, -0.2) is 4.68 Å². The van der Waals surface area contributed by atoms with Gasteiger partial charge >= 0.3 is 11.7 Å². The van der Waals surface area contributed by atoms with Crippen LogP contribution in [0.4, 0.5) is 11.5 Å². The smallest absolute Gasteiger partial charge is 0.333 e. The molecule has 1 N–H and O–H groups in total. The first-order valence-electron chi connectivity index (χ1n) is 5.03. The van der Waals surface area contributed by atoms with Crippen molar-refractivity contribution in [2.75, 3.05) is 19.0 Å². The summed E-state index contributed by atoms with van der Waals surface area (Å²) in [4.78, 5) is 21.4. The van der Waals surface area contributed by atoms with Crippen LogP contribution >= 0.6 is 0 Å². The van der Waals surface area contributed by atoms with Crippen LogP contribution in [0.15, 0.2) is 0 Å². The number of ether oxygens (including phenoxy) is 1. The molecule has 0 spiro atoms. The predicted octanol–water partition coefficient (Wildman–Crippen LogP) is 0.705. The molecule has 8 nitrogen and oxygen atoms in total. The van der Waals surface area contributed by atoms with E-state index in [1.165, 1.54) is 11.8 Å².